The molecule has 198 valence electrons. The number of carbonyl (C=O) groups is 1. The fourth-order valence-electron chi connectivity index (χ4n) is 4.54. The van der Waals surface area contributed by atoms with Gasteiger partial charge in [0.05, 0.1) is 29.3 Å². The molecule has 1 atom stereocenters. The molecule has 1 saturated heterocycles. The standard InChI is InChI=1S/C26H34F3N3O3S/c1-24(2,3)21-15-32(14-18-7-6-12-34-18)23(36-21)31-22(33)19-13-17(26(27,28)29)8-9-20(19)35-16-25(30)10-4-5-11-25/h8-9,13,15,18H,4-7,10-12,14,16,30H2,1-3H3/t18-/m1/s1. The van der Waals surface area contributed by atoms with Crippen molar-refractivity contribution < 1.29 is 27.4 Å². The number of amides is 1. The second-order valence-corrected chi connectivity index (χ2v) is 11.9. The third kappa shape index (κ3) is 6.39. The number of rotatable bonds is 6. The molecule has 1 saturated carbocycles. The molecule has 0 radical (unpaired) electrons. The van der Waals surface area contributed by atoms with Gasteiger partial charge in [-0.15, -0.1) is 11.3 Å². The van der Waals surface area contributed by atoms with Gasteiger partial charge in [-0.2, -0.15) is 18.2 Å². The smallest absolute Gasteiger partial charge is 0.416 e. The molecule has 36 heavy (non-hydrogen) atoms. The lowest BCUT2D eigenvalue weighted by Crippen LogP contribution is -2.42. The third-order valence-corrected chi connectivity index (χ3v) is 8.18. The second kappa shape index (κ2) is 10.3. The van der Waals surface area contributed by atoms with Gasteiger partial charge in [-0.25, -0.2) is 0 Å². The lowest BCUT2D eigenvalue weighted by molar-refractivity contribution is -0.137. The number of hydrogen-bond acceptors (Lipinski definition) is 5. The minimum atomic E-state index is -4.60. The Morgan fingerprint density at radius 2 is 1.97 bits per heavy atom. The van der Waals surface area contributed by atoms with Crippen molar-refractivity contribution >= 4 is 17.2 Å². The lowest BCUT2D eigenvalue weighted by atomic mass is 9.95. The van der Waals surface area contributed by atoms with Crippen molar-refractivity contribution in [2.45, 2.75) is 89.1 Å². The van der Waals surface area contributed by atoms with Gasteiger partial charge in [0, 0.05) is 17.7 Å². The summed E-state index contributed by atoms with van der Waals surface area (Å²) < 4.78 is 54.0. The number of alkyl halides is 3. The van der Waals surface area contributed by atoms with Gasteiger partial charge in [0.15, 0.2) is 4.80 Å². The van der Waals surface area contributed by atoms with E-state index in [2.05, 4.69) is 25.8 Å². The van der Waals surface area contributed by atoms with Crippen LogP contribution in [-0.4, -0.2) is 35.3 Å². The highest BCUT2D eigenvalue weighted by atomic mass is 32.1. The van der Waals surface area contributed by atoms with Gasteiger partial charge in [0.25, 0.3) is 5.91 Å². The monoisotopic (exact) mass is 525 g/mol. The Kier molecular flexibility index (Phi) is 7.69. The second-order valence-electron chi connectivity index (χ2n) is 10.9. The van der Waals surface area contributed by atoms with E-state index in [1.807, 2.05) is 10.8 Å². The van der Waals surface area contributed by atoms with Crippen molar-refractivity contribution in [2.75, 3.05) is 13.2 Å². The molecule has 0 unspecified atom stereocenters. The Morgan fingerprint density at radius 1 is 1.25 bits per heavy atom. The van der Waals surface area contributed by atoms with Crippen LogP contribution in [0.2, 0.25) is 0 Å². The fourth-order valence-corrected chi connectivity index (χ4v) is 5.60. The molecule has 2 aromatic rings. The van der Waals surface area contributed by atoms with E-state index in [1.54, 1.807) is 0 Å². The first-order valence-corrected chi connectivity index (χ1v) is 13.2. The highest BCUT2D eigenvalue weighted by Crippen LogP contribution is 2.34. The zero-order valence-electron chi connectivity index (χ0n) is 21.0. The SMILES string of the molecule is CC(C)(C)c1cn(C[C@H]2CCCO2)c(=NC(=O)c2cc(C(F)(F)F)ccc2OCC2(N)CCCC2)s1. The van der Waals surface area contributed by atoms with Gasteiger partial charge in [-0.1, -0.05) is 33.6 Å². The van der Waals surface area contributed by atoms with E-state index in [0.717, 1.165) is 55.5 Å². The van der Waals surface area contributed by atoms with Crippen molar-refractivity contribution in [3.8, 4) is 5.75 Å². The average Bonchev–Trinajstić information content (AvgIpc) is 3.54. The first-order chi connectivity index (χ1) is 16.8. The zero-order valence-corrected chi connectivity index (χ0v) is 21.8. The number of aromatic nitrogens is 1. The molecule has 2 aliphatic rings. The lowest BCUT2D eigenvalue weighted by Gasteiger charge is -2.24. The molecular formula is C26H34F3N3O3S. The number of ether oxygens (including phenoxy) is 2. The van der Waals surface area contributed by atoms with Crippen molar-refractivity contribution in [1.29, 1.82) is 0 Å². The van der Waals surface area contributed by atoms with Crippen molar-refractivity contribution in [3.05, 3.63) is 45.2 Å². The molecule has 1 aliphatic carbocycles. The normalized spacial score (nSPS) is 20.8. The van der Waals surface area contributed by atoms with Crippen LogP contribution in [0.4, 0.5) is 13.2 Å². The summed E-state index contributed by atoms with van der Waals surface area (Å²) in [5, 5.41) is 0. The summed E-state index contributed by atoms with van der Waals surface area (Å²) in [5.41, 5.74) is 4.50. The van der Waals surface area contributed by atoms with Gasteiger partial charge in [0.2, 0.25) is 0 Å². The fraction of sp³-hybridized carbons (Fsp3) is 0.615. The summed E-state index contributed by atoms with van der Waals surface area (Å²) in [6, 6.07) is 2.94. The summed E-state index contributed by atoms with van der Waals surface area (Å²) in [5.74, 6) is -0.719. The van der Waals surface area contributed by atoms with E-state index in [0.29, 0.717) is 18.0 Å². The third-order valence-electron chi connectivity index (χ3n) is 6.73. The van der Waals surface area contributed by atoms with Gasteiger partial charge >= 0.3 is 6.18 Å². The van der Waals surface area contributed by atoms with Gasteiger partial charge in [0.1, 0.15) is 12.4 Å². The van der Waals surface area contributed by atoms with Gasteiger partial charge in [-0.3, -0.25) is 4.79 Å². The van der Waals surface area contributed by atoms with Crippen LogP contribution in [0.25, 0.3) is 0 Å². The molecule has 2 heterocycles. The highest BCUT2D eigenvalue weighted by molar-refractivity contribution is 7.09. The summed E-state index contributed by atoms with van der Waals surface area (Å²) >= 11 is 1.36. The quantitative estimate of drug-likeness (QED) is 0.545. The van der Waals surface area contributed by atoms with Crippen LogP contribution in [0.3, 0.4) is 0 Å². The van der Waals surface area contributed by atoms with Gasteiger partial charge in [-0.05, 0) is 49.3 Å². The molecule has 0 spiro atoms. The number of nitrogens with zero attached hydrogens (tertiary/aromatic N) is 2. The van der Waals surface area contributed by atoms with Crippen LogP contribution in [0, 0.1) is 0 Å². The topological polar surface area (TPSA) is 78.8 Å². The van der Waals surface area contributed by atoms with Crippen LogP contribution in [-0.2, 0) is 22.9 Å². The Bertz CT molecular complexity index is 1150. The van der Waals surface area contributed by atoms with Crippen molar-refractivity contribution in [3.63, 3.8) is 0 Å². The number of nitrogens with two attached hydrogens (primary N) is 1. The molecule has 1 aliphatic heterocycles. The number of hydrogen-bond donors (Lipinski definition) is 1. The largest absolute Gasteiger partial charge is 0.491 e. The minimum absolute atomic E-state index is 0.0149. The molecule has 1 aromatic heterocycles. The predicted octanol–water partition coefficient (Wildman–Crippen LogP) is 5.44. The van der Waals surface area contributed by atoms with E-state index < -0.39 is 23.2 Å². The molecule has 2 N–H and O–H groups in total. The molecule has 1 aromatic carbocycles. The maximum atomic E-state index is 13.5. The van der Waals surface area contributed by atoms with Crippen LogP contribution >= 0.6 is 11.3 Å². The molecule has 0 bridgehead atoms. The Labute approximate surface area is 213 Å². The number of halogens is 3. The maximum absolute atomic E-state index is 13.5. The Hall–Kier alpha value is -2.17. The highest BCUT2D eigenvalue weighted by Gasteiger charge is 2.34. The van der Waals surface area contributed by atoms with Crippen LogP contribution in [0.15, 0.2) is 29.4 Å². The van der Waals surface area contributed by atoms with Crippen molar-refractivity contribution in [2.24, 2.45) is 10.7 Å². The average molecular weight is 526 g/mol. The molecule has 1 amide bonds. The summed E-state index contributed by atoms with van der Waals surface area (Å²) in [6.07, 6.45) is 2.76. The van der Waals surface area contributed by atoms with E-state index in [4.69, 9.17) is 15.2 Å². The molecule has 4 rings (SSSR count). The molecule has 2 fully saturated rings. The van der Waals surface area contributed by atoms with Gasteiger partial charge < -0.3 is 19.8 Å². The van der Waals surface area contributed by atoms with E-state index in [1.165, 1.54) is 17.4 Å². The van der Waals surface area contributed by atoms with Crippen molar-refractivity contribution in [1.82, 2.24) is 4.57 Å². The number of thiazole rings is 1. The molecule has 6 nitrogen and oxygen atoms in total. The van der Waals surface area contributed by atoms with Crippen LogP contribution < -0.4 is 15.3 Å². The van der Waals surface area contributed by atoms with Crippen LogP contribution in [0.5, 0.6) is 5.75 Å². The number of carbonyl (C=O) groups excluding carboxylic acids is 1. The summed E-state index contributed by atoms with van der Waals surface area (Å²) in [4.78, 5) is 19.1. The minimum Gasteiger partial charge on any atom is -0.491 e. The Morgan fingerprint density at radius 3 is 2.58 bits per heavy atom. The zero-order chi connectivity index (χ0) is 26.1. The van der Waals surface area contributed by atoms with E-state index in [-0.39, 0.29) is 29.4 Å². The molecule has 10 heteroatoms. The summed E-state index contributed by atoms with van der Waals surface area (Å²) in [7, 11) is 0. The number of benzene rings is 1. The van der Waals surface area contributed by atoms with E-state index in [9.17, 15) is 18.0 Å². The first-order valence-electron chi connectivity index (χ1n) is 12.4. The van der Waals surface area contributed by atoms with Crippen LogP contribution in [0.1, 0.15) is 80.1 Å². The Balaban J connectivity index is 1.71. The summed E-state index contributed by atoms with van der Waals surface area (Å²) in [6.45, 7) is 7.54. The van der Waals surface area contributed by atoms with E-state index >= 15 is 0 Å². The first kappa shape index (κ1) is 26.9. The molecular weight excluding hydrogens is 491 g/mol. The maximum Gasteiger partial charge on any atom is 0.416 e. The predicted molar refractivity (Wildman–Crippen MR) is 132 cm³/mol.